The van der Waals surface area contributed by atoms with Crippen molar-refractivity contribution in [2.24, 2.45) is 0 Å². The summed E-state index contributed by atoms with van der Waals surface area (Å²) >= 11 is 0. The lowest BCUT2D eigenvalue weighted by Gasteiger charge is -2.34. The maximum atomic E-state index is 13.5. The van der Waals surface area contributed by atoms with Gasteiger partial charge in [0.2, 0.25) is 0 Å². The standard InChI is InChI=1S/C22H24N4O2/c27-21-15-3-1-5-17(25-11-7-23-8-12-25)19(15)22(28)16-4-2-6-18(20(16)21)26-13-9-24-10-14-26/h1-6,23-24H,7-14H2. The minimum Gasteiger partial charge on any atom is -0.368 e. The number of nitrogens with one attached hydrogen (secondary N) is 2. The zero-order chi connectivity index (χ0) is 19.1. The van der Waals surface area contributed by atoms with Gasteiger partial charge in [-0.2, -0.15) is 0 Å². The third-order valence-corrected chi connectivity index (χ3v) is 5.94. The second kappa shape index (κ2) is 7.04. The molecule has 3 aliphatic rings. The Bertz CT molecular complexity index is 866. The highest BCUT2D eigenvalue weighted by molar-refractivity contribution is 6.31. The van der Waals surface area contributed by atoms with Crippen LogP contribution in [0.1, 0.15) is 31.8 Å². The minimum absolute atomic E-state index is 0.0317. The van der Waals surface area contributed by atoms with Crippen LogP contribution in [-0.4, -0.2) is 63.9 Å². The van der Waals surface area contributed by atoms with Gasteiger partial charge in [-0.25, -0.2) is 0 Å². The molecule has 5 rings (SSSR count). The molecule has 0 amide bonds. The van der Waals surface area contributed by atoms with Gasteiger partial charge in [-0.1, -0.05) is 24.3 Å². The van der Waals surface area contributed by atoms with Gasteiger partial charge >= 0.3 is 0 Å². The van der Waals surface area contributed by atoms with E-state index in [1.54, 1.807) is 12.1 Å². The predicted octanol–water partition coefficient (Wildman–Crippen LogP) is 1.28. The van der Waals surface area contributed by atoms with Crippen molar-refractivity contribution in [3.8, 4) is 0 Å². The first-order valence-electron chi connectivity index (χ1n) is 10.0. The number of anilines is 2. The van der Waals surface area contributed by atoms with Gasteiger partial charge in [0.25, 0.3) is 0 Å². The van der Waals surface area contributed by atoms with Crippen LogP contribution >= 0.6 is 0 Å². The third-order valence-electron chi connectivity index (χ3n) is 5.94. The van der Waals surface area contributed by atoms with Crippen molar-refractivity contribution in [1.29, 1.82) is 0 Å². The van der Waals surface area contributed by atoms with E-state index < -0.39 is 0 Å². The first-order valence-corrected chi connectivity index (χ1v) is 10.0. The number of hydrogen-bond donors (Lipinski definition) is 2. The summed E-state index contributed by atoms with van der Waals surface area (Å²) < 4.78 is 0. The van der Waals surface area contributed by atoms with E-state index in [1.807, 2.05) is 24.3 Å². The van der Waals surface area contributed by atoms with E-state index >= 15 is 0 Å². The second-order valence-corrected chi connectivity index (χ2v) is 7.53. The summed E-state index contributed by atoms with van der Waals surface area (Å²) in [5.74, 6) is -0.0635. The molecule has 2 saturated heterocycles. The summed E-state index contributed by atoms with van der Waals surface area (Å²) in [7, 11) is 0. The number of rotatable bonds is 2. The normalized spacial score (nSPS) is 19.4. The molecule has 2 aromatic carbocycles. The molecule has 0 spiro atoms. The average molecular weight is 376 g/mol. The van der Waals surface area contributed by atoms with Crippen LogP contribution in [0, 0.1) is 0 Å². The van der Waals surface area contributed by atoms with Crippen LogP contribution in [0.25, 0.3) is 0 Å². The fourth-order valence-electron chi connectivity index (χ4n) is 4.54. The largest absolute Gasteiger partial charge is 0.368 e. The minimum atomic E-state index is -0.0317. The van der Waals surface area contributed by atoms with Gasteiger partial charge in [-0.3, -0.25) is 9.59 Å². The molecule has 144 valence electrons. The van der Waals surface area contributed by atoms with Gasteiger partial charge in [0, 0.05) is 74.9 Å². The van der Waals surface area contributed by atoms with Crippen LogP contribution in [0.5, 0.6) is 0 Å². The molecule has 0 radical (unpaired) electrons. The van der Waals surface area contributed by atoms with E-state index in [-0.39, 0.29) is 11.6 Å². The molecule has 0 bridgehead atoms. The Morgan fingerprint density at radius 1 is 0.607 bits per heavy atom. The molecular formula is C22H24N4O2. The average Bonchev–Trinajstić information content (AvgIpc) is 2.77. The molecular weight excluding hydrogens is 352 g/mol. The van der Waals surface area contributed by atoms with E-state index in [4.69, 9.17) is 0 Å². The molecule has 2 aliphatic heterocycles. The van der Waals surface area contributed by atoms with Gasteiger partial charge in [-0.05, 0) is 12.1 Å². The number of carbonyl (C=O) groups is 2. The zero-order valence-electron chi connectivity index (χ0n) is 15.8. The Balaban J connectivity index is 1.62. The summed E-state index contributed by atoms with van der Waals surface area (Å²) in [5.41, 5.74) is 3.98. The van der Waals surface area contributed by atoms with Crippen LogP contribution in [0.4, 0.5) is 11.4 Å². The van der Waals surface area contributed by atoms with E-state index in [0.717, 1.165) is 63.7 Å². The molecule has 6 heteroatoms. The molecule has 0 unspecified atom stereocenters. The molecule has 6 nitrogen and oxygen atoms in total. The molecule has 0 saturated carbocycles. The Morgan fingerprint density at radius 3 is 1.39 bits per heavy atom. The van der Waals surface area contributed by atoms with Crippen molar-refractivity contribution in [3.05, 3.63) is 58.7 Å². The summed E-state index contributed by atoms with van der Waals surface area (Å²) in [6.45, 7) is 6.89. The first-order chi connectivity index (χ1) is 13.8. The lowest BCUT2D eigenvalue weighted by Crippen LogP contribution is -2.45. The smallest absolute Gasteiger partial charge is 0.196 e. The second-order valence-electron chi connectivity index (χ2n) is 7.53. The first kappa shape index (κ1) is 17.4. The number of carbonyl (C=O) groups excluding carboxylic acids is 2. The number of fused-ring (bicyclic) bond motifs is 2. The van der Waals surface area contributed by atoms with Crippen LogP contribution in [0.3, 0.4) is 0 Å². The summed E-state index contributed by atoms with van der Waals surface area (Å²) in [5, 5.41) is 6.68. The van der Waals surface area contributed by atoms with Crippen molar-refractivity contribution in [1.82, 2.24) is 10.6 Å². The summed E-state index contributed by atoms with van der Waals surface area (Å²) in [6, 6.07) is 11.4. The summed E-state index contributed by atoms with van der Waals surface area (Å²) in [6.07, 6.45) is 0. The maximum absolute atomic E-state index is 13.5. The Labute approximate surface area is 164 Å². The van der Waals surface area contributed by atoms with Crippen molar-refractivity contribution >= 4 is 22.9 Å². The van der Waals surface area contributed by atoms with Gasteiger partial charge in [0.15, 0.2) is 11.6 Å². The lowest BCUT2D eigenvalue weighted by molar-refractivity contribution is 0.0979. The van der Waals surface area contributed by atoms with Crippen LogP contribution in [0.15, 0.2) is 36.4 Å². The highest BCUT2D eigenvalue weighted by Gasteiger charge is 2.35. The highest BCUT2D eigenvalue weighted by Crippen LogP contribution is 2.37. The molecule has 28 heavy (non-hydrogen) atoms. The maximum Gasteiger partial charge on any atom is 0.196 e. The Kier molecular flexibility index (Phi) is 4.37. The van der Waals surface area contributed by atoms with Gasteiger partial charge in [-0.15, -0.1) is 0 Å². The molecule has 2 heterocycles. The third kappa shape index (κ3) is 2.72. The van der Waals surface area contributed by atoms with Crippen molar-refractivity contribution in [2.45, 2.75) is 0 Å². The van der Waals surface area contributed by atoms with Crippen molar-refractivity contribution in [3.63, 3.8) is 0 Å². The van der Waals surface area contributed by atoms with E-state index in [0.29, 0.717) is 22.3 Å². The molecule has 0 atom stereocenters. The van der Waals surface area contributed by atoms with Crippen LogP contribution in [-0.2, 0) is 0 Å². The fourth-order valence-corrected chi connectivity index (χ4v) is 4.54. The van der Waals surface area contributed by atoms with E-state index in [1.165, 1.54) is 0 Å². The van der Waals surface area contributed by atoms with Crippen molar-refractivity contribution < 1.29 is 9.59 Å². The number of hydrogen-bond acceptors (Lipinski definition) is 6. The van der Waals surface area contributed by atoms with Gasteiger partial charge in [0.1, 0.15) is 0 Å². The molecule has 1 aliphatic carbocycles. The van der Waals surface area contributed by atoms with E-state index in [9.17, 15) is 9.59 Å². The van der Waals surface area contributed by atoms with Gasteiger partial charge in [0.05, 0.1) is 11.1 Å². The quantitative estimate of drug-likeness (QED) is 0.703. The molecule has 2 N–H and O–H groups in total. The van der Waals surface area contributed by atoms with Crippen LogP contribution in [0.2, 0.25) is 0 Å². The highest BCUT2D eigenvalue weighted by atomic mass is 16.1. The Morgan fingerprint density at radius 2 is 1.00 bits per heavy atom. The molecule has 0 aromatic heterocycles. The van der Waals surface area contributed by atoms with Gasteiger partial charge < -0.3 is 20.4 Å². The van der Waals surface area contributed by atoms with Crippen LogP contribution < -0.4 is 20.4 Å². The molecule has 2 fully saturated rings. The lowest BCUT2D eigenvalue weighted by atomic mass is 9.81. The monoisotopic (exact) mass is 376 g/mol. The number of benzene rings is 2. The summed E-state index contributed by atoms with van der Waals surface area (Å²) in [4.78, 5) is 31.5. The topological polar surface area (TPSA) is 64.7 Å². The zero-order valence-corrected chi connectivity index (χ0v) is 15.8. The number of piperazine rings is 2. The number of nitrogens with zero attached hydrogens (tertiary/aromatic N) is 2. The molecule has 2 aromatic rings. The SMILES string of the molecule is O=C1c2cccc(N3CCNCC3)c2C(=O)c2cccc(N3CCNCC3)c21. The fraction of sp³-hybridized carbons (Fsp3) is 0.364. The van der Waals surface area contributed by atoms with Crippen molar-refractivity contribution in [2.75, 3.05) is 62.2 Å². The predicted molar refractivity (Wildman–Crippen MR) is 110 cm³/mol. The number of ketones is 2. The van der Waals surface area contributed by atoms with E-state index in [2.05, 4.69) is 20.4 Å². The Hall–Kier alpha value is -2.70.